The van der Waals surface area contributed by atoms with Crippen LogP contribution in [0, 0.1) is 5.82 Å². The Kier molecular flexibility index (Phi) is 4.78. The fourth-order valence-electron chi connectivity index (χ4n) is 2.75. The zero-order chi connectivity index (χ0) is 17.8. The van der Waals surface area contributed by atoms with E-state index in [9.17, 15) is 4.39 Å². The fraction of sp³-hybridized carbons (Fsp3) is 0.238. The fourth-order valence-corrected chi connectivity index (χ4v) is 2.75. The van der Waals surface area contributed by atoms with Crippen LogP contribution >= 0.6 is 0 Å². The van der Waals surface area contributed by atoms with Crippen LogP contribution in [0.5, 0.6) is 0 Å². The minimum atomic E-state index is -0.208. The number of anilines is 2. The predicted molar refractivity (Wildman–Crippen MR) is 103 cm³/mol. The van der Waals surface area contributed by atoms with Gasteiger partial charge in [0.1, 0.15) is 17.5 Å². The van der Waals surface area contributed by atoms with E-state index in [-0.39, 0.29) is 5.82 Å². The molecule has 4 rings (SSSR count). The zero-order valence-corrected chi connectivity index (χ0v) is 14.5. The van der Waals surface area contributed by atoms with Crippen LogP contribution in [0.2, 0.25) is 0 Å². The molecule has 1 aliphatic carbocycles. The van der Waals surface area contributed by atoms with Gasteiger partial charge in [-0.25, -0.2) is 14.4 Å². The first-order valence-electron chi connectivity index (χ1n) is 8.96. The summed E-state index contributed by atoms with van der Waals surface area (Å²) in [5.41, 5.74) is 2.08. The largest absolute Gasteiger partial charge is 0.370 e. The molecule has 0 radical (unpaired) electrons. The van der Waals surface area contributed by atoms with Crippen LogP contribution in [-0.4, -0.2) is 22.6 Å². The lowest BCUT2D eigenvalue weighted by atomic mass is 10.1. The predicted octanol–water partition coefficient (Wildman–Crippen LogP) is 4.51. The first-order valence-corrected chi connectivity index (χ1v) is 8.96. The highest BCUT2D eigenvalue weighted by Crippen LogP contribution is 2.26. The number of aromatic nitrogens is 2. The van der Waals surface area contributed by atoms with Gasteiger partial charge in [-0.2, -0.15) is 0 Å². The Bertz CT molecular complexity index is 861. The van der Waals surface area contributed by atoms with Crippen molar-refractivity contribution in [2.45, 2.75) is 25.3 Å². The SMILES string of the molecule is Fc1ccc(CCNc2cc(NC3CC3)nc(-c3ccccc3)n2)cc1. The normalized spacial score (nSPS) is 13.4. The second kappa shape index (κ2) is 7.52. The van der Waals surface area contributed by atoms with Gasteiger partial charge in [0.15, 0.2) is 5.82 Å². The second-order valence-electron chi connectivity index (χ2n) is 6.55. The van der Waals surface area contributed by atoms with E-state index >= 15 is 0 Å². The van der Waals surface area contributed by atoms with Gasteiger partial charge in [-0.05, 0) is 37.0 Å². The minimum Gasteiger partial charge on any atom is -0.370 e. The highest BCUT2D eigenvalue weighted by Gasteiger charge is 2.22. The van der Waals surface area contributed by atoms with Gasteiger partial charge in [-0.1, -0.05) is 42.5 Å². The van der Waals surface area contributed by atoms with Gasteiger partial charge in [0, 0.05) is 24.2 Å². The van der Waals surface area contributed by atoms with Gasteiger partial charge in [0.2, 0.25) is 0 Å². The van der Waals surface area contributed by atoms with Crippen molar-refractivity contribution in [1.82, 2.24) is 9.97 Å². The van der Waals surface area contributed by atoms with Gasteiger partial charge in [-0.15, -0.1) is 0 Å². The molecule has 1 aromatic heterocycles. The lowest BCUT2D eigenvalue weighted by Crippen LogP contribution is -2.10. The summed E-state index contributed by atoms with van der Waals surface area (Å²) in [4.78, 5) is 9.31. The summed E-state index contributed by atoms with van der Waals surface area (Å²) < 4.78 is 13.0. The molecular formula is C21H21FN4. The molecule has 1 saturated carbocycles. The van der Waals surface area contributed by atoms with Crippen molar-refractivity contribution in [3.63, 3.8) is 0 Å². The van der Waals surface area contributed by atoms with E-state index in [1.54, 1.807) is 0 Å². The van der Waals surface area contributed by atoms with Crippen LogP contribution < -0.4 is 10.6 Å². The van der Waals surface area contributed by atoms with Crippen molar-refractivity contribution in [2.75, 3.05) is 17.2 Å². The number of halogens is 1. The molecule has 0 atom stereocenters. The molecule has 2 N–H and O–H groups in total. The van der Waals surface area contributed by atoms with Gasteiger partial charge in [-0.3, -0.25) is 0 Å². The highest BCUT2D eigenvalue weighted by molar-refractivity contribution is 5.61. The topological polar surface area (TPSA) is 49.8 Å². The Labute approximate surface area is 152 Å². The number of nitrogens with one attached hydrogen (secondary N) is 2. The lowest BCUT2D eigenvalue weighted by Gasteiger charge is -2.11. The summed E-state index contributed by atoms with van der Waals surface area (Å²) >= 11 is 0. The van der Waals surface area contributed by atoms with Gasteiger partial charge >= 0.3 is 0 Å². The van der Waals surface area contributed by atoms with E-state index in [0.717, 1.165) is 35.7 Å². The summed E-state index contributed by atoms with van der Waals surface area (Å²) in [6.45, 7) is 0.722. The van der Waals surface area contributed by atoms with Crippen LogP contribution in [0.3, 0.4) is 0 Å². The molecule has 1 aliphatic rings. The molecule has 0 amide bonds. The van der Waals surface area contributed by atoms with E-state index in [1.807, 2.05) is 48.5 Å². The lowest BCUT2D eigenvalue weighted by molar-refractivity contribution is 0.627. The maximum absolute atomic E-state index is 13.0. The van der Waals surface area contributed by atoms with Crippen molar-refractivity contribution >= 4 is 11.6 Å². The van der Waals surface area contributed by atoms with E-state index in [0.29, 0.717) is 11.9 Å². The maximum atomic E-state index is 13.0. The third-order valence-corrected chi connectivity index (χ3v) is 4.32. The third-order valence-electron chi connectivity index (χ3n) is 4.32. The third kappa shape index (κ3) is 4.36. The van der Waals surface area contributed by atoms with Crippen molar-refractivity contribution in [2.24, 2.45) is 0 Å². The Morgan fingerprint density at radius 2 is 1.65 bits per heavy atom. The number of rotatable bonds is 7. The van der Waals surface area contributed by atoms with E-state index < -0.39 is 0 Å². The van der Waals surface area contributed by atoms with E-state index in [2.05, 4.69) is 20.6 Å². The number of hydrogen-bond acceptors (Lipinski definition) is 4. The van der Waals surface area contributed by atoms with Crippen LogP contribution in [0.4, 0.5) is 16.0 Å². The Morgan fingerprint density at radius 1 is 0.923 bits per heavy atom. The molecule has 26 heavy (non-hydrogen) atoms. The van der Waals surface area contributed by atoms with Gasteiger partial charge in [0.25, 0.3) is 0 Å². The molecule has 4 nitrogen and oxygen atoms in total. The quantitative estimate of drug-likeness (QED) is 0.659. The molecule has 2 aromatic carbocycles. The van der Waals surface area contributed by atoms with Crippen molar-refractivity contribution < 1.29 is 4.39 Å². The average molecular weight is 348 g/mol. The standard InChI is InChI=1S/C21H21FN4/c22-17-8-6-15(7-9-17)12-13-23-19-14-20(24-18-10-11-18)26-21(25-19)16-4-2-1-3-5-16/h1-9,14,18H,10-13H2,(H2,23,24,25,26). The maximum Gasteiger partial charge on any atom is 0.163 e. The molecule has 0 saturated heterocycles. The first kappa shape index (κ1) is 16.5. The molecule has 0 aliphatic heterocycles. The van der Waals surface area contributed by atoms with E-state index in [4.69, 9.17) is 0 Å². The van der Waals surface area contributed by atoms with Crippen LogP contribution in [0.15, 0.2) is 60.7 Å². The first-order chi connectivity index (χ1) is 12.8. The molecule has 1 fully saturated rings. The molecular weight excluding hydrogens is 327 g/mol. The Balaban J connectivity index is 1.49. The van der Waals surface area contributed by atoms with Crippen LogP contribution in [0.25, 0.3) is 11.4 Å². The summed E-state index contributed by atoms with van der Waals surface area (Å²) in [6, 6.07) is 19.1. The smallest absolute Gasteiger partial charge is 0.163 e. The molecule has 132 valence electrons. The molecule has 0 unspecified atom stereocenters. The molecule has 1 heterocycles. The number of nitrogens with zero attached hydrogens (tertiary/aromatic N) is 2. The Hall–Kier alpha value is -2.95. The Morgan fingerprint density at radius 3 is 2.38 bits per heavy atom. The summed E-state index contributed by atoms with van der Waals surface area (Å²) in [5.74, 6) is 2.15. The highest BCUT2D eigenvalue weighted by atomic mass is 19.1. The van der Waals surface area contributed by atoms with Crippen LogP contribution in [-0.2, 0) is 6.42 Å². The number of hydrogen-bond donors (Lipinski definition) is 2. The summed E-state index contributed by atoms with van der Waals surface area (Å²) in [7, 11) is 0. The zero-order valence-electron chi connectivity index (χ0n) is 14.5. The molecule has 0 spiro atoms. The molecule has 0 bridgehead atoms. The van der Waals surface area contributed by atoms with Crippen molar-refractivity contribution in [3.8, 4) is 11.4 Å². The monoisotopic (exact) mass is 348 g/mol. The molecule has 5 heteroatoms. The van der Waals surface area contributed by atoms with Crippen molar-refractivity contribution in [3.05, 3.63) is 72.0 Å². The average Bonchev–Trinajstić information content (AvgIpc) is 3.48. The minimum absolute atomic E-state index is 0.208. The summed E-state index contributed by atoms with van der Waals surface area (Å²) in [5, 5.41) is 6.82. The second-order valence-corrected chi connectivity index (χ2v) is 6.55. The van der Waals surface area contributed by atoms with Crippen LogP contribution in [0.1, 0.15) is 18.4 Å². The van der Waals surface area contributed by atoms with Gasteiger partial charge in [0.05, 0.1) is 0 Å². The summed E-state index contributed by atoms with van der Waals surface area (Å²) in [6.07, 6.45) is 3.19. The van der Waals surface area contributed by atoms with E-state index in [1.165, 1.54) is 25.0 Å². The van der Waals surface area contributed by atoms with Crippen molar-refractivity contribution in [1.29, 1.82) is 0 Å². The molecule has 3 aromatic rings. The number of benzene rings is 2. The van der Waals surface area contributed by atoms with Gasteiger partial charge < -0.3 is 10.6 Å².